The van der Waals surface area contributed by atoms with Crippen molar-refractivity contribution in [2.24, 2.45) is 46.3 Å². The molecule has 0 unspecified atom stereocenters. The van der Waals surface area contributed by atoms with Crippen LogP contribution in [0.1, 0.15) is 85.0 Å². The van der Waals surface area contributed by atoms with Crippen molar-refractivity contribution < 1.29 is 37.6 Å². The van der Waals surface area contributed by atoms with Crippen LogP contribution in [0.3, 0.4) is 0 Å². The van der Waals surface area contributed by atoms with Crippen LogP contribution < -0.4 is 5.32 Å². The topological polar surface area (TPSA) is 147 Å². The third-order valence-electron chi connectivity index (χ3n) is 12.5. The van der Waals surface area contributed by atoms with E-state index in [9.17, 15) is 33.1 Å². The van der Waals surface area contributed by atoms with Gasteiger partial charge in [-0.2, -0.15) is 0 Å². The van der Waals surface area contributed by atoms with Crippen molar-refractivity contribution in [2.45, 2.75) is 103 Å². The fourth-order valence-corrected chi connectivity index (χ4v) is 10.5. The monoisotopic (exact) mass is 600 g/mol. The molecule has 0 heterocycles. The molecule has 9 nitrogen and oxygen atoms in total. The molecule has 0 saturated heterocycles. The van der Waals surface area contributed by atoms with Crippen molar-refractivity contribution in [3.8, 4) is 0 Å². The zero-order valence-corrected chi connectivity index (χ0v) is 26.7. The zero-order valence-electron chi connectivity index (χ0n) is 25.9. The number of aliphatic hydroxyl groups is 3. The van der Waals surface area contributed by atoms with E-state index in [1.165, 1.54) is 0 Å². The standard InChI is InChI=1S/C31H56N2O7S/c1-20(7-10-28(37)32-13-15-33(4,5)14-6-16-41(38,39)40)23-8-9-24-29-25(19-27(36)31(23,24)3)30(2)12-11-22(34)17-21(30)18-26(29)35/h20-27,29,34-36H,6-19H2,1-5H3,(H-,32,37,38,39,40)/t20-,21+,22-,23-,24+,25+,26-,27+,29+,30+,31-/m1/s1. The Hall–Kier alpha value is -0.780. The number of carbonyl (C=O) groups excluding carboxylic acids is 1. The van der Waals surface area contributed by atoms with Crippen molar-refractivity contribution in [3.63, 3.8) is 0 Å². The van der Waals surface area contributed by atoms with Crippen LogP contribution in [-0.4, -0.2) is 96.5 Å². The van der Waals surface area contributed by atoms with E-state index in [4.69, 9.17) is 0 Å². The van der Waals surface area contributed by atoms with Gasteiger partial charge < -0.3 is 29.7 Å². The molecule has 0 aliphatic heterocycles. The average molecular weight is 601 g/mol. The molecule has 0 spiro atoms. The first kappa shape index (κ1) is 33.1. The first-order valence-electron chi connectivity index (χ1n) is 16.0. The molecular weight excluding hydrogens is 544 g/mol. The van der Waals surface area contributed by atoms with Gasteiger partial charge in [0, 0.05) is 18.6 Å². The van der Waals surface area contributed by atoms with E-state index in [0.29, 0.717) is 48.8 Å². The average Bonchev–Trinajstić information content (AvgIpc) is 3.21. The predicted molar refractivity (Wildman–Crippen MR) is 156 cm³/mol. The van der Waals surface area contributed by atoms with Crippen molar-refractivity contribution in [2.75, 3.05) is 39.5 Å². The minimum Gasteiger partial charge on any atom is -0.748 e. The van der Waals surface area contributed by atoms with E-state index in [1.807, 2.05) is 14.1 Å². The summed E-state index contributed by atoms with van der Waals surface area (Å²) >= 11 is 0. The maximum absolute atomic E-state index is 12.7. The quantitative estimate of drug-likeness (QED) is 0.210. The number of amides is 1. The number of hydrogen-bond donors (Lipinski definition) is 4. The Morgan fingerprint density at radius 2 is 1.76 bits per heavy atom. The Morgan fingerprint density at radius 3 is 2.44 bits per heavy atom. The summed E-state index contributed by atoms with van der Waals surface area (Å²) in [5.41, 5.74) is -0.206. The van der Waals surface area contributed by atoms with Gasteiger partial charge in [-0.15, -0.1) is 0 Å². The number of carbonyl (C=O) groups is 1. The lowest BCUT2D eigenvalue weighted by molar-refractivity contribution is -0.889. The van der Waals surface area contributed by atoms with Gasteiger partial charge >= 0.3 is 0 Å². The molecule has 41 heavy (non-hydrogen) atoms. The Labute approximate surface area is 247 Å². The van der Waals surface area contributed by atoms with Gasteiger partial charge in [0.2, 0.25) is 5.91 Å². The molecule has 238 valence electrons. The van der Waals surface area contributed by atoms with Gasteiger partial charge in [0.25, 0.3) is 0 Å². The highest BCUT2D eigenvalue weighted by Crippen LogP contribution is 2.68. The maximum Gasteiger partial charge on any atom is 0.220 e. The van der Waals surface area contributed by atoms with Gasteiger partial charge in [0.15, 0.2) is 0 Å². The maximum atomic E-state index is 12.7. The van der Waals surface area contributed by atoms with Crippen molar-refractivity contribution >= 4 is 16.0 Å². The van der Waals surface area contributed by atoms with E-state index in [0.717, 1.165) is 51.4 Å². The summed E-state index contributed by atoms with van der Waals surface area (Å²) in [4.78, 5) is 12.7. The van der Waals surface area contributed by atoms with Gasteiger partial charge in [-0.25, -0.2) is 8.42 Å². The molecule has 4 fully saturated rings. The number of fused-ring (bicyclic) bond motifs is 5. The van der Waals surface area contributed by atoms with Crippen LogP contribution in [0, 0.1) is 46.3 Å². The summed E-state index contributed by atoms with van der Waals surface area (Å²) in [5.74, 6) is 1.27. The fourth-order valence-electron chi connectivity index (χ4n) is 10.1. The molecule has 0 radical (unpaired) electrons. The summed E-state index contributed by atoms with van der Waals surface area (Å²) in [6.45, 7) is 8.51. The molecule has 0 aromatic carbocycles. The van der Waals surface area contributed by atoms with Crippen LogP contribution in [-0.2, 0) is 14.9 Å². The Bertz CT molecular complexity index is 1040. The molecule has 0 aromatic heterocycles. The van der Waals surface area contributed by atoms with Crippen LogP contribution in [0.2, 0.25) is 0 Å². The summed E-state index contributed by atoms with van der Waals surface area (Å²) in [5, 5.41) is 36.5. The third kappa shape index (κ3) is 6.98. The van der Waals surface area contributed by atoms with E-state index in [1.54, 1.807) is 0 Å². The molecule has 0 bridgehead atoms. The number of nitrogens with zero attached hydrogens (tertiary/aromatic N) is 1. The lowest BCUT2D eigenvalue weighted by Gasteiger charge is -2.63. The molecule has 10 heteroatoms. The molecule has 4 saturated carbocycles. The summed E-state index contributed by atoms with van der Waals surface area (Å²) in [7, 11) is -0.278. The van der Waals surface area contributed by atoms with E-state index >= 15 is 0 Å². The minimum absolute atomic E-state index is 0.00379. The first-order valence-corrected chi connectivity index (χ1v) is 17.6. The number of likely N-dealkylation sites (N-methyl/N-ethyl adjacent to an activating group) is 1. The second kappa shape index (κ2) is 12.3. The summed E-state index contributed by atoms with van der Waals surface area (Å²) in [6, 6.07) is 0. The highest BCUT2D eigenvalue weighted by Gasteiger charge is 2.65. The second-order valence-corrected chi connectivity index (χ2v) is 16.9. The van der Waals surface area contributed by atoms with Gasteiger partial charge in [-0.05, 0) is 97.7 Å². The van der Waals surface area contributed by atoms with Crippen molar-refractivity contribution in [3.05, 3.63) is 0 Å². The number of rotatable bonds is 11. The molecule has 0 aromatic rings. The van der Waals surface area contributed by atoms with Gasteiger partial charge in [-0.3, -0.25) is 4.79 Å². The predicted octanol–water partition coefficient (Wildman–Crippen LogP) is 2.49. The van der Waals surface area contributed by atoms with Crippen molar-refractivity contribution in [1.29, 1.82) is 0 Å². The zero-order chi connectivity index (χ0) is 30.4. The number of nitrogens with one attached hydrogen (secondary N) is 1. The third-order valence-corrected chi connectivity index (χ3v) is 13.3. The number of quaternary nitrogens is 1. The summed E-state index contributed by atoms with van der Waals surface area (Å²) in [6.07, 6.45) is 6.44. The van der Waals surface area contributed by atoms with Gasteiger partial charge in [-0.1, -0.05) is 20.8 Å². The fraction of sp³-hybridized carbons (Fsp3) is 0.968. The van der Waals surface area contributed by atoms with Crippen LogP contribution in [0.4, 0.5) is 0 Å². The largest absolute Gasteiger partial charge is 0.748 e. The van der Waals surface area contributed by atoms with Crippen molar-refractivity contribution in [1.82, 2.24) is 5.32 Å². The SMILES string of the molecule is C[C@H](CCC(=O)NCC[N+](C)(C)CCCS(=O)(=O)[O-])[C@H]1CC[C@H]2[C@@H]3[C@H](O)C[C@@H]4C[C@H](O)CC[C@]4(C)[C@H]3C[C@H](O)[C@]12C. The second-order valence-electron chi connectivity index (χ2n) is 15.4. The Morgan fingerprint density at radius 1 is 1.05 bits per heavy atom. The van der Waals surface area contributed by atoms with Crippen LogP contribution in [0.5, 0.6) is 0 Å². The van der Waals surface area contributed by atoms with Crippen LogP contribution >= 0.6 is 0 Å². The molecule has 1 amide bonds. The molecular formula is C31H56N2O7S. The number of hydrogen-bond acceptors (Lipinski definition) is 7. The smallest absolute Gasteiger partial charge is 0.220 e. The molecule has 4 aliphatic carbocycles. The Kier molecular flexibility index (Phi) is 9.94. The van der Waals surface area contributed by atoms with Gasteiger partial charge in [0.05, 0.1) is 62.2 Å². The number of aliphatic hydroxyl groups excluding tert-OH is 3. The van der Waals surface area contributed by atoms with E-state index in [2.05, 4.69) is 26.1 Å². The first-order chi connectivity index (χ1) is 19.0. The lowest BCUT2D eigenvalue weighted by Crippen LogP contribution is -2.62. The highest BCUT2D eigenvalue weighted by atomic mass is 32.2. The normalized spacial score (nSPS) is 41.7. The Balaban J connectivity index is 1.30. The lowest BCUT2D eigenvalue weighted by atomic mass is 9.43. The minimum atomic E-state index is -4.20. The molecule has 4 N–H and O–H groups in total. The van der Waals surface area contributed by atoms with E-state index in [-0.39, 0.29) is 58.4 Å². The van der Waals surface area contributed by atoms with Gasteiger partial charge in [0.1, 0.15) is 0 Å². The molecule has 4 aliphatic rings. The summed E-state index contributed by atoms with van der Waals surface area (Å²) < 4.78 is 33.1. The molecule has 11 atom stereocenters. The van der Waals surface area contributed by atoms with Crippen LogP contribution in [0.25, 0.3) is 0 Å². The molecule has 4 rings (SSSR count). The highest BCUT2D eigenvalue weighted by molar-refractivity contribution is 7.85. The van der Waals surface area contributed by atoms with Crippen LogP contribution in [0.15, 0.2) is 0 Å². The van der Waals surface area contributed by atoms with E-state index < -0.39 is 16.2 Å².